The first kappa shape index (κ1) is 22.1. The van der Waals surface area contributed by atoms with Gasteiger partial charge >= 0.3 is 6.09 Å². The van der Waals surface area contributed by atoms with E-state index >= 15 is 0 Å². The summed E-state index contributed by atoms with van der Waals surface area (Å²) in [7, 11) is 0. The molecule has 2 atom stereocenters. The van der Waals surface area contributed by atoms with Gasteiger partial charge in [-0.15, -0.1) is 0 Å². The van der Waals surface area contributed by atoms with E-state index in [9.17, 15) is 19.6 Å². The van der Waals surface area contributed by atoms with E-state index in [0.29, 0.717) is 5.69 Å². The highest BCUT2D eigenvalue weighted by Gasteiger charge is 2.40. The second-order valence-electron chi connectivity index (χ2n) is 8.38. The lowest BCUT2D eigenvalue weighted by atomic mass is 10.1. The van der Waals surface area contributed by atoms with Crippen LogP contribution in [0.25, 0.3) is 5.69 Å². The van der Waals surface area contributed by atoms with Gasteiger partial charge in [-0.3, -0.25) is 19.1 Å². The number of nitrogens with zero attached hydrogens (tertiary/aromatic N) is 3. The lowest BCUT2D eigenvalue weighted by molar-refractivity contribution is -0.120. The molecule has 0 spiro atoms. The van der Waals surface area contributed by atoms with Gasteiger partial charge in [-0.1, -0.05) is 6.07 Å². The van der Waals surface area contributed by atoms with Crippen molar-refractivity contribution in [2.45, 2.75) is 44.9 Å². The Bertz CT molecular complexity index is 1100. The molecule has 1 unspecified atom stereocenters. The van der Waals surface area contributed by atoms with E-state index in [1.54, 1.807) is 51.2 Å². The summed E-state index contributed by atoms with van der Waals surface area (Å²) < 4.78 is 6.78. The van der Waals surface area contributed by atoms with Gasteiger partial charge in [0.05, 0.1) is 16.9 Å². The van der Waals surface area contributed by atoms with Crippen molar-refractivity contribution in [3.8, 4) is 11.8 Å². The molecule has 9 heteroatoms. The molecular formula is C22H25N5O4. The van der Waals surface area contributed by atoms with Crippen LogP contribution in [0.2, 0.25) is 0 Å². The summed E-state index contributed by atoms with van der Waals surface area (Å²) in [6, 6.07) is 10.3. The number of rotatable bonds is 3. The largest absolute Gasteiger partial charge is 0.444 e. The van der Waals surface area contributed by atoms with Gasteiger partial charge in [0.25, 0.3) is 5.56 Å². The van der Waals surface area contributed by atoms with Crippen molar-refractivity contribution in [1.29, 1.82) is 5.26 Å². The summed E-state index contributed by atoms with van der Waals surface area (Å²) in [5, 5.41) is 12.3. The number of benzene rings is 1. The maximum absolute atomic E-state index is 12.9. The summed E-state index contributed by atoms with van der Waals surface area (Å²) in [4.78, 5) is 38.8. The van der Waals surface area contributed by atoms with Gasteiger partial charge in [-0.05, 0) is 51.5 Å². The van der Waals surface area contributed by atoms with Crippen LogP contribution in [0, 0.1) is 11.3 Å². The average molecular weight is 423 g/mol. The number of nitrogens with two attached hydrogens (primary N) is 1. The molecule has 0 saturated carbocycles. The number of carbonyl (C=O) groups excluding carboxylic acids is 2. The molecule has 0 radical (unpaired) electrons. The standard InChI is InChI=1S/C22H25N5O4/c1-22(2,3)31-21(30)27-13-15(24)11-18(27)20(29)25-17-8-7-16(10-14(17)12-23)26-9-5-4-6-19(26)28/h4-10,15,18H,11,13,24H2,1-3H3,(H,25,29)/t15-,18?/m0/s1. The second kappa shape index (κ2) is 8.62. The topological polar surface area (TPSA) is 130 Å². The lowest BCUT2D eigenvalue weighted by Gasteiger charge is -2.28. The molecule has 2 aromatic rings. The van der Waals surface area contributed by atoms with Crippen molar-refractivity contribution in [3.05, 3.63) is 58.5 Å². The fourth-order valence-corrected chi connectivity index (χ4v) is 3.38. The molecule has 1 aliphatic rings. The zero-order valence-electron chi connectivity index (χ0n) is 17.7. The highest BCUT2D eigenvalue weighted by atomic mass is 16.6. The van der Waals surface area contributed by atoms with Crippen molar-refractivity contribution in [3.63, 3.8) is 0 Å². The van der Waals surface area contributed by atoms with Crippen LogP contribution in [0.4, 0.5) is 10.5 Å². The number of ether oxygens (including phenoxy) is 1. The number of aromatic nitrogens is 1. The third-order valence-electron chi connectivity index (χ3n) is 4.75. The van der Waals surface area contributed by atoms with Gasteiger partial charge in [0, 0.05) is 24.8 Å². The Kier molecular flexibility index (Phi) is 6.13. The molecule has 1 aromatic heterocycles. The van der Waals surface area contributed by atoms with E-state index in [2.05, 4.69) is 5.32 Å². The summed E-state index contributed by atoms with van der Waals surface area (Å²) in [6.45, 7) is 5.44. The Morgan fingerprint density at radius 3 is 2.65 bits per heavy atom. The number of amides is 2. The molecule has 2 heterocycles. The first-order chi connectivity index (χ1) is 14.6. The number of carbonyl (C=O) groups is 2. The molecule has 1 saturated heterocycles. The van der Waals surface area contributed by atoms with Crippen LogP contribution in [-0.2, 0) is 9.53 Å². The fourth-order valence-electron chi connectivity index (χ4n) is 3.38. The first-order valence-electron chi connectivity index (χ1n) is 9.87. The van der Waals surface area contributed by atoms with Gasteiger partial charge in [0.2, 0.25) is 5.91 Å². The van der Waals surface area contributed by atoms with Gasteiger partial charge < -0.3 is 15.8 Å². The maximum Gasteiger partial charge on any atom is 0.411 e. The number of hydrogen-bond acceptors (Lipinski definition) is 6. The average Bonchev–Trinajstić information content (AvgIpc) is 3.09. The Morgan fingerprint density at radius 2 is 2.00 bits per heavy atom. The van der Waals surface area contributed by atoms with Gasteiger partial charge in [-0.25, -0.2) is 4.79 Å². The molecule has 3 rings (SSSR count). The van der Waals surface area contributed by atoms with Crippen molar-refractivity contribution < 1.29 is 14.3 Å². The quantitative estimate of drug-likeness (QED) is 0.776. The number of nitriles is 1. The highest BCUT2D eigenvalue weighted by molar-refractivity contribution is 5.98. The van der Waals surface area contributed by atoms with Crippen molar-refractivity contribution in [2.75, 3.05) is 11.9 Å². The lowest BCUT2D eigenvalue weighted by Crippen LogP contribution is -2.45. The third-order valence-corrected chi connectivity index (χ3v) is 4.75. The molecule has 2 amide bonds. The van der Waals surface area contributed by atoms with Crippen molar-refractivity contribution in [1.82, 2.24) is 9.47 Å². The van der Waals surface area contributed by atoms with E-state index in [1.807, 2.05) is 6.07 Å². The Labute approximate surface area is 180 Å². The van der Waals surface area contributed by atoms with E-state index in [1.165, 1.54) is 21.6 Å². The van der Waals surface area contributed by atoms with Crippen LogP contribution in [0.3, 0.4) is 0 Å². The van der Waals surface area contributed by atoms with Gasteiger partial charge in [0.15, 0.2) is 0 Å². The summed E-state index contributed by atoms with van der Waals surface area (Å²) in [6.07, 6.45) is 1.26. The summed E-state index contributed by atoms with van der Waals surface area (Å²) >= 11 is 0. The molecule has 9 nitrogen and oxygen atoms in total. The maximum atomic E-state index is 12.9. The minimum atomic E-state index is -0.812. The highest BCUT2D eigenvalue weighted by Crippen LogP contribution is 2.24. The molecule has 3 N–H and O–H groups in total. The van der Waals surface area contributed by atoms with Gasteiger partial charge in [0.1, 0.15) is 17.7 Å². The zero-order chi connectivity index (χ0) is 22.8. The number of pyridine rings is 1. The predicted molar refractivity (Wildman–Crippen MR) is 115 cm³/mol. The van der Waals surface area contributed by atoms with Crippen LogP contribution in [-0.4, -0.2) is 45.7 Å². The molecule has 1 fully saturated rings. The minimum Gasteiger partial charge on any atom is -0.444 e. The molecule has 0 bridgehead atoms. The first-order valence-corrected chi connectivity index (χ1v) is 9.87. The number of likely N-dealkylation sites (tertiary alicyclic amines) is 1. The van der Waals surface area contributed by atoms with E-state index in [0.717, 1.165) is 0 Å². The fraction of sp³-hybridized carbons (Fsp3) is 0.364. The summed E-state index contributed by atoms with van der Waals surface area (Å²) in [5.74, 6) is -0.458. The van der Waals surface area contributed by atoms with Crippen molar-refractivity contribution >= 4 is 17.7 Å². The van der Waals surface area contributed by atoms with Crippen LogP contribution in [0.1, 0.15) is 32.8 Å². The normalized spacial score (nSPS) is 18.4. The van der Waals surface area contributed by atoms with Crippen LogP contribution >= 0.6 is 0 Å². The molecule has 1 aromatic carbocycles. The summed E-state index contributed by atoms with van der Waals surface area (Å²) in [5.41, 5.74) is 6.01. The third kappa shape index (κ3) is 5.10. The van der Waals surface area contributed by atoms with Crippen LogP contribution in [0.15, 0.2) is 47.4 Å². The zero-order valence-corrected chi connectivity index (χ0v) is 17.7. The Hall–Kier alpha value is -3.64. The molecule has 0 aliphatic carbocycles. The van der Waals surface area contributed by atoms with Crippen molar-refractivity contribution in [2.24, 2.45) is 5.73 Å². The Balaban J connectivity index is 1.82. The minimum absolute atomic E-state index is 0.188. The van der Waals surface area contributed by atoms with E-state index < -0.39 is 23.6 Å². The van der Waals surface area contributed by atoms with Gasteiger partial charge in [-0.2, -0.15) is 5.26 Å². The predicted octanol–water partition coefficient (Wildman–Crippen LogP) is 1.98. The Morgan fingerprint density at radius 1 is 1.26 bits per heavy atom. The van der Waals surface area contributed by atoms with E-state index in [-0.39, 0.29) is 35.8 Å². The van der Waals surface area contributed by atoms with Crippen LogP contribution in [0.5, 0.6) is 0 Å². The SMILES string of the molecule is CC(C)(C)OC(=O)N1C[C@@H](N)CC1C(=O)Nc1ccc(-n2ccccc2=O)cc1C#N. The molecule has 1 aliphatic heterocycles. The number of nitrogens with one attached hydrogen (secondary N) is 1. The van der Waals surface area contributed by atoms with Crippen LogP contribution < -0.4 is 16.6 Å². The molecule has 162 valence electrons. The smallest absolute Gasteiger partial charge is 0.411 e. The van der Waals surface area contributed by atoms with E-state index in [4.69, 9.17) is 10.5 Å². The molecular weight excluding hydrogens is 398 g/mol. The number of anilines is 1. The molecule has 31 heavy (non-hydrogen) atoms. The monoisotopic (exact) mass is 423 g/mol. The second-order valence-corrected chi connectivity index (χ2v) is 8.38. The number of hydrogen-bond donors (Lipinski definition) is 2.